The smallest absolute Gasteiger partial charge is 0.0973 e. The van der Waals surface area contributed by atoms with Gasteiger partial charge in [0, 0.05) is 25.7 Å². The number of rotatable bonds is 2. The third-order valence-electron chi connectivity index (χ3n) is 3.68. The molecule has 2 heterocycles. The van der Waals surface area contributed by atoms with Crippen LogP contribution in [-0.2, 0) is 4.74 Å². The van der Waals surface area contributed by atoms with Gasteiger partial charge in [-0.05, 0) is 25.8 Å². The van der Waals surface area contributed by atoms with Gasteiger partial charge in [-0.15, -0.1) is 0 Å². The van der Waals surface area contributed by atoms with E-state index in [2.05, 4.69) is 31.1 Å². The van der Waals surface area contributed by atoms with E-state index in [0.29, 0.717) is 6.04 Å². The minimum Gasteiger partial charge on any atom is -0.371 e. The van der Waals surface area contributed by atoms with Crippen molar-refractivity contribution in [1.82, 2.24) is 10.2 Å². The van der Waals surface area contributed by atoms with Crippen LogP contribution in [0, 0.1) is 5.92 Å². The molecule has 2 saturated heterocycles. The fourth-order valence-corrected chi connectivity index (χ4v) is 2.94. The Labute approximate surface area is 93.2 Å². The number of hydrogen-bond acceptors (Lipinski definition) is 3. The Morgan fingerprint density at radius 1 is 1.53 bits per heavy atom. The summed E-state index contributed by atoms with van der Waals surface area (Å²) in [6.45, 7) is 8.75. The summed E-state index contributed by atoms with van der Waals surface area (Å²) in [5.74, 6) is 0.743. The highest BCUT2D eigenvalue weighted by Crippen LogP contribution is 2.32. The molecule has 2 aliphatic heterocycles. The molecule has 88 valence electrons. The predicted octanol–water partition coefficient (Wildman–Crippen LogP) is 1.10. The average Bonchev–Trinajstić information content (AvgIpc) is 2.52. The molecule has 0 bridgehead atoms. The zero-order chi connectivity index (χ0) is 10.9. The summed E-state index contributed by atoms with van der Waals surface area (Å²) in [5, 5.41) is 3.65. The molecule has 0 aliphatic carbocycles. The molecule has 15 heavy (non-hydrogen) atoms. The Hall–Kier alpha value is -0.120. The second-order valence-electron chi connectivity index (χ2n) is 5.54. The van der Waals surface area contributed by atoms with Gasteiger partial charge in [0.15, 0.2) is 0 Å². The maximum absolute atomic E-state index is 6.11. The molecule has 2 unspecified atom stereocenters. The Bertz CT molecular complexity index is 216. The van der Waals surface area contributed by atoms with Gasteiger partial charge in [0.1, 0.15) is 0 Å². The largest absolute Gasteiger partial charge is 0.371 e. The normalized spacial score (nSPS) is 38.0. The van der Waals surface area contributed by atoms with Crippen LogP contribution in [0.25, 0.3) is 0 Å². The summed E-state index contributed by atoms with van der Waals surface area (Å²) in [4.78, 5) is 2.39. The molecular formula is C12H24N2O. The minimum atomic E-state index is 0.108. The van der Waals surface area contributed by atoms with E-state index in [0.717, 1.165) is 25.6 Å². The van der Waals surface area contributed by atoms with Crippen LogP contribution in [0.2, 0.25) is 0 Å². The summed E-state index contributed by atoms with van der Waals surface area (Å²) < 4.78 is 6.11. The molecule has 1 spiro atoms. The van der Waals surface area contributed by atoms with Crippen molar-refractivity contribution in [3.63, 3.8) is 0 Å². The van der Waals surface area contributed by atoms with Crippen molar-refractivity contribution in [2.24, 2.45) is 5.92 Å². The number of nitrogens with zero attached hydrogens (tertiary/aromatic N) is 1. The summed E-state index contributed by atoms with van der Waals surface area (Å²) in [7, 11) is 2.19. The second kappa shape index (κ2) is 4.40. The van der Waals surface area contributed by atoms with Crippen LogP contribution < -0.4 is 5.32 Å². The third kappa shape index (κ3) is 2.35. The Balaban J connectivity index is 2.05. The van der Waals surface area contributed by atoms with Crippen molar-refractivity contribution >= 4 is 0 Å². The van der Waals surface area contributed by atoms with Gasteiger partial charge in [0.05, 0.1) is 12.2 Å². The van der Waals surface area contributed by atoms with Crippen LogP contribution in [0.15, 0.2) is 0 Å². The molecule has 0 aromatic rings. The summed E-state index contributed by atoms with van der Waals surface area (Å²) >= 11 is 0. The first-order chi connectivity index (χ1) is 7.12. The van der Waals surface area contributed by atoms with Gasteiger partial charge in [-0.3, -0.25) is 0 Å². The highest BCUT2D eigenvalue weighted by Gasteiger charge is 2.46. The van der Waals surface area contributed by atoms with Crippen LogP contribution in [-0.4, -0.2) is 49.8 Å². The number of likely N-dealkylation sites (N-methyl/N-ethyl adjacent to an activating group) is 1. The maximum Gasteiger partial charge on any atom is 0.0973 e. The number of ether oxygens (including phenoxy) is 1. The van der Waals surface area contributed by atoms with Crippen molar-refractivity contribution in [3.8, 4) is 0 Å². The van der Waals surface area contributed by atoms with Crippen molar-refractivity contribution in [2.75, 3.05) is 33.3 Å². The van der Waals surface area contributed by atoms with Crippen molar-refractivity contribution in [1.29, 1.82) is 0 Å². The Morgan fingerprint density at radius 3 is 2.93 bits per heavy atom. The maximum atomic E-state index is 6.11. The lowest BCUT2D eigenvalue weighted by Crippen LogP contribution is -2.59. The van der Waals surface area contributed by atoms with E-state index in [-0.39, 0.29) is 5.60 Å². The fourth-order valence-electron chi connectivity index (χ4n) is 2.94. The lowest BCUT2D eigenvalue weighted by molar-refractivity contribution is -0.0916. The standard InChI is InChI=1S/C12H24N2O/c1-10(2)8-11-12(15-7-5-13-11)4-6-14(3)9-12/h10-11,13H,4-9H2,1-3H3. The molecule has 3 heteroatoms. The number of nitrogens with one attached hydrogen (secondary N) is 1. The van der Waals surface area contributed by atoms with Gasteiger partial charge >= 0.3 is 0 Å². The van der Waals surface area contributed by atoms with Crippen LogP contribution in [0.3, 0.4) is 0 Å². The lowest BCUT2D eigenvalue weighted by Gasteiger charge is -2.42. The molecule has 2 atom stereocenters. The first kappa shape index (κ1) is 11.4. The molecule has 2 aliphatic rings. The van der Waals surface area contributed by atoms with Gasteiger partial charge in [-0.2, -0.15) is 0 Å². The number of likely N-dealkylation sites (tertiary alicyclic amines) is 1. The highest BCUT2D eigenvalue weighted by atomic mass is 16.5. The average molecular weight is 212 g/mol. The van der Waals surface area contributed by atoms with Gasteiger partial charge in [0.25, 0.3) is 0 Å². The van der Waals surface area contributed by atoms with Gasteiger partial charge < -0.3 is 15.0 Å². The van der Waals surface area contributed by atoms with Crippen LogP contribution in [0.5, 0.6) is 0 Å². The van der Waals surface area contributed by atoms with Crippen molar-refractivity contribution in [3.05, 3.63) is 0 Å². The quantitative estimate of drug-likeness (QED) is 0.742. The van der Waals surface area contributed by atoms with E-state index in [4.69, 9.17) is 4.74 Å². The molecule has 3 nitrogen and oxygen atoms in total. The minimum absolute atomic E-state index is 0.108. The molecule has 0 saturated carbocycles. The molecule has 2 fully saturated rings. The number of morpholine rings is 1. The molecule has 0 radical (unpaired) electrons. The first-order valence-corrected chi connectivity index (χ1v) is 6.18. The van der Waals surface area contributed by atoms with Crippen LogP contribution in [0.1, 0.15) is 26.7 Å². The number of hydrogen-bond donors (Lipinski definition) is 1. The lowest BCUT2D eigenvalue weighted by atomic mass is 9.86. The highest BCUT2D eigenvalue weighted by molar-refractivity contribution is 5.02. The molecule has 0 aromatic heterocycles. The molecule has 0 aromatic carbocycles. The van der Waals surface area contributed by atoms with Gasteiger partial charge in [0.2, 0.25) is 0 Å². The van der Waals surface area contributed by atoms with E-state index in [1.54, 1.807) is 0 Å². The van der Waals surface area contributed by atoms with E-state index < -0.39 is 0 Å². The van der Waals surface area contributed by atoms with Crippen molar-refractivity contribution in [2.45, 2.75) is 38.3 Å². The Kier molecular flexibility index (Phi) is 3.33. The summed E-state index contributed by atoms with van der Waals surface area (Å²) in [6.07, 6.45) is 2.42. The SMILES string of the molecule is CC(C)CC1NCCOC12CCN(C)C2. The third-order valence-corrected chi connectivity index (χ3v) is 3.68. The molecular weight excluding hydrogens is 188 g/mol. The van der Waals surface area contributed by atoms with Gasteiger partial charge in [-0.25, -0.2) is 0 Å². The zero-order valence-corrected chi connectivity index (χ0v) is 10.3. The molecule has 1 N–H and O–H groups in total. The molecule has 2 rings (SSSR count). The monoisotopic (exact) mass is 212 g/mol. The first-order valence-electron chi connectivity index (χ1n) is 6.18. The summed E-state index contributed by atoms with van der Waals surface area (Å²) in [6, 6.07) is 0.552. The van der Waals surface area contributed by atoms with Crippen LogP contribution >= 0.6 is 0 Å². The topological polar surface area (TPSA) is 24.5 Å². The fraction of sp³-hybridized carbons (Fsp3) is 1.00. The van der Waals surface area contributed by atoms with E-state index in [1.807, 2.05) is 0 Å². The zero-order valence-electron chi connectivity index (χ0n) is 10.3. The van der Waals surface area contributed by atoms with Gasteiger partial charge in [-0.1, -0.05) is 13.8 Å². The predicted molar refractivity (Wildman–Crippen MR) is 62.0 cm³/mol. The summed E-state index contributed by atoms with van der Waals surface area (Å²) in [5.41, 5.74) is 0.108. The van der Waals surface area contributed by atoms with E-state index >= 15 is 0 Å². The van der Waals surface area contributed by atoms with E-state index in [9.17, 15) is 0 Å². The van der Waals surface area contributed by atoms with Crippen LogP contribution in [0.4, 0.5) is 0 Å². The Morgan fingerprint density at radius 2 is 2.33 bits per heavy atom. The molecule has 0 amide bonds. The van der Waals surface area contributed by atoms with Crippen molar-refractivity contribution < 1.29 is 4.74 Å². The second-order valence-corrected chi connectivity index (χ2v) is 5.54. The van der Waals surface area contributed by atoms with E-state index in [1.165, 1.54) is 19.4 Å².